The lowest BCUT2D eigenvalue weighted by molar-refractivity contribution is -0.142. The third-order valence-electron chi connectivity index (χ3n) is 24.8. The van der Waals surface area contributed by atoms with E-state index in [4.69, 9.17) is 38.5 Å². The number of thioether (sulfide) groups is 1. The molecule has 9 rings (SSSR count). The summed E-state index contributed by atoms with van der Waals surface area (Å²) in [7, 11) is 0. The number of nitrogens with one attached hydrogen (secondary N) is 16. The molecular formula is C103H139N23O19S. The number of carbonyl (C=O) groups is 17. The van der Waals surface area contributed by atoms with Crippen molar-refractivity contribution in [3.05, 3.63) is 215 Å². The first kappa shape index (κ1) is 115. The summed E-state index contributed by atoms with van der Waals surface area (Å²) in [5.41, 5.74) is 25.5. The molecule has 0 radical (unpaired) electrons. The van der Waals surface area contributed by atoms with Gasteiger partial charge in [0.05, 0.1) is 30.9 Å². The molecule has 3 aliphatic rings. The predicted molar refractivity (Wildman–Crippen MR) is 546 cm³/mol. The standard InChI is InChI=1S/C103H139N23O19S/c1-61(2)51-74(89(134)120-76(53-65-33-17-10-18-34-65)91(136)117-72(44-28-48-111-100(108)109)98(143)125-50-30-46-80(125)93(138)116-71(43-27-47-110-99(106)107)88(133)118-73(86(105)131)56-82(104)128)119-92(137)77(54-66-35-19-11-20-36-66)121-90(135)75(52-64-31-15-9-16-32-64)115-84(130)58-112-83(129)57-113-87(132)78(60-127)122-94(139)79-45-29-49-124(79)97(142)63(5)114-96(141)85(62(3)4)123-95(140)81-55-70(59-126(81)101(144)145-102(6,7)8)146-103(67-37-21-12-22-38-67,68-39-23-13-24-40-68)69-41-25-14-26-42-69/h9-26,31-42,61-63,70-81,85,127H,27-30,43-60H2,1-8H3,(H2,104,128)(H2,105,131)(H,112,129)(H,113,132)(H,114,141)(H,115,130)(H,116,138)(H,117,136)(H,118,133)(H,119,137)(H,120,134)(H,121,135)(H,122,139)(H,123,140)(H4,106,107,110)(H4,108,109,111)/t63-,70+,71-,72-,73-,74-,75-,76-,77-,78-,79-,80-,81+,85-/m0/s1. The summed E-state index contributed by atoms with van der Waals surface area (Å²) in [6.07, 6.45) is -0.979. The molecule has 0 bridgehead atoms. The van der Waals surface area contributed by atoms with Gasteiger partial charge in [-0.05, 0) is 137 Å². The van der Waals surface area contributed by atoms with E-state index in [1.54, 1.807) is 151 Å². The van der Waals surface area contributed by atoms with Crippen molar-refractivity contribution in [3.63, 3.8) is 0 Å². The van der Waals surface area contributed by atoms with E-state index in [0.717, 1.165) is 16.7 Å². The Morgan fingerprint density at radius 2 is 0.822 bits per heavy atom. The Balaban J connectivity index is 0.822. The molecular weight excluding hydrogens is 1900 g/mol. The second-order valence-corrected chi connectivity index (χ2v) is 39.7. The number of likely N-dealkylation sites (tertiary alicyclic amines) is 3. The van der Waals surface area contributed by atoms with Crippen LogP contribution in [0.3, 0.4) is 0 Å². The Morgan fingerprint density at radius 1 is 0.425 bits per heavy atom. The van der Waals surface area contributed by atoms with Gasteiger partial charge in [0.2, 0.25) is 94.5 Å². The monoisotopic (exact) mass is 2030 g/mol. The number of amides is 17. The highest BCUT2D eigenvalue weighted by molar-refractivity contribution is 8.01. The molecule has 0 aromatic heterocycles. The number of carbonyl (C=O) groups excluding carboxylic acids is 17. The summed E-state index contributed by atoms with van der Waals surface area (Å²) >= 11 is 1.61. The van der Waals surface area contributed by atoms with Gasteiger partial charge in [0, 0.05) is 57.2 Å². The van der Waals surface area contributed by atoms with Crippen LogP contribution in [-0.4, -0.2) is 274 Å². The van der Waals surface area contributed by atoms with Gasteiger partial charge >= 0.3 is 6.09 Å². The first-order valence-corrected chi connectivity index (χ1v) is 49.9. The normalized spacial score (nSPS) is 17.0. The molecule has 786 valence electrons. The van der Waals surface area contributed by atoms with Crippen molar-refractivity contribution in [1.82, 2.24) is 89.1 Å². The third kappa shape index (κ3) is 34.6. The number of nitrogens with two attached hydrogens (primary N) is 4. The maximum absolute atomic E-state index is 15.1. The highest BCUT2D eigenvalue weighted by Crippen LogP contribution is 2.52. The zero-order valence-corrected chi connectivity index (χ0v) is 84.3. The summed E-state index contributed by atoms with van der Waals surface area (Å²) in [5, 5.41) is 62.3. The Morgan fingerprint density at radius 3 is 1.25 bits per heavy atom. The van der Waals surface area contributed by atoms with Gasteiger partial charge in [0.1, 0.15) is 84.1 Å². The minimum atomic E-state index is -1.68. The fourth-order valence-corrected chi connectivity index (χ4v) is 19.4. The number of rotatable bonds is 52. The first-order chi connectivity index (χ1) is 69.5. The lowest BCUT2D eigenvalue weighted by atomic mass is 9.84. The second kappa shape index (κ2) is 55.7. The molecule has 6 aromatic rings. The number of benzene rings is 6. The Bertz CT molecular complexity index is 5410. The number of ether oxygens (including phenoxy) is 1. The Hall–Kier alpha value is -15.0. The van der Waals surface area contributed by atoms with Crippen LogP contribution in [-0.2, 0) is 105 Å². The highest BCUT2D eigenvalue weighted by atomic mass is 32.2. The Labute approximate surface area is 853 Å². The lowest BCUT2D eigenvalue weighted by Gasteiger charge is -2.37. The van der Waals surface area contributed by atoms with Gasteiger partial charge in [-0.2, -0.15) is 0 Å². The number of nitrogens with zero attached hydrogens (tertiary/aromatic N) is 3. The van der Waals surface area contributed by atoms with Crippen LogP contribution in [0.4, 0.5) is 4.79 Å². The maximum Gasteiger partial charge on any atom is 0.411 e. The Kier molecular flexibility index (Phi) is 43.7. The van der Waals surface area contributed by atoms with Crippen molar-refractivity contribution in [1.29, 1.82) is 10.8 Å². The minimum Gasteiger partial charge on any atom is -0.444 e. The van der Waals surface area contributed by atoms with E-state index in [9.17, 15) is 67.4 Å². The number of hydrogen-bond donors (Lipinski definition) is 21. The minimum absolute atomic E-state index is 0.00661. The van der Waals surface area contributed by atoms with Crippen LogP contribution in [0.25, 0.3) is 0 Å². The van der Waals surface area contributed by atoms with Gasteiger partial charge in [-0.15, -0.1) is 11.8 Å². The topological polar surface area (TPSA) is 650 Å². The van der Waals surface area contributed by atoms with Gasteiger partial charge in [0.25, 0.3) is 0 Å². The molecule has 0 spiro atoms. The van der Waals surface area contributed by atoms with Crippen molar-refractivity contribution < 1.29 is 91.4 Å². The molecule has 3 fully saturated rings. The van der Waals surface area contributed by atoms with E-state index >= 15 is 19.2 Å². The molecule has 0 unspecified atom stereocenters. The van der Waals surface area contributed by atoms with Gasteiger partial charge in [-0.1, -0.05) is 210 Å². The fourth-order valence-electron chi connectivity index (χ4n) is 17.6. The molecule has 0 aliphatic carbocycles. The fraction of sp³-hybridized carbons (Fsp3) is 0.466. The number of aliphatic hydroxyl groups is 1. The predicted octanol–water partition coefficient (Wildman–Crippen LogP) is 0.482. The molecule has 43 heteroatoms. The van der Waals surface area contributed by atoms with E-state index in [1.165, 1.54) is 21.6 Å². The smallest absolute Gasteiger partial charge is 0.411 e. The largest absolute Gasteiger partial charge is 0.444 e. The molecule has 0 saturated carbocycles. The second-order valence-electron chi connectivity index (χ2n) is 38.2. The summed E-state index contributed by atoms with van der Waals surface area (Å²) in [4.78, 5) is 245. The van der Waals surface area contributed by atoms with Crippen LogP contribution in [0, 0.1) is 22.7 Å². The molecule has 17 amide bonds. The summed E-state index contributed by atoms with van der Waals surface area (Å²) < 4.78 is 5.10. The molecule has 25 N–H and O–H groups in total. The van der Waals surface area contributed by atoms with Gasteiger partial charge < -0.3 is 117 Å². The maximum atomic E-state index is 15.1. The van der Waals surface area contributed by atoms with Crippen molar-refractivity contribution in [3.8, 4) is 0 Å². The average molecular weight is 2040 g/mol. The number of primary amides is 2. The molecule has 6 aromatic carbocycles. The number of hydrogen-bond acceptors (Lipinski definition) is 22. The van der Waals surface area contributed by atoms with Crippen LogP contribution < -0.4 is 97.4 Å². The number of aliphatic hydroxyl groups excluding tert-OH is 1. The number of guanidine groups is 2. The average Bonchev–Trinajstić information content (AvgIpc) is 1.06. The summed E-state index contributed by atoms with van der Waals surface area (Å²) in [6.45, 7) is 11.3. The molecule has 3 heterocycles. The van der Waals surface area contributed by atoms with Gasteiger partial charge in [-0.3, -0.25) is 92.4 Å². The van der Waals surface area contributed by atoms with Crippen LogP contribution in [0.15, 0.2) is 182 Å². The van der Waals surface area contributed by atoms with E-state index < -0.39 is 222 Å². The lowest BCUT2D eigenvalue weighted by Crippen LogP contribution is -2.61. The molecule has 42 nitrogen and oxygen atoms in total. The van der Waals surface area contributed by atoms with Gasteiger partial charge in [-0.25, -0.2) is 4.79 Å². The quantitative estimate of drug-likeness (QED) is 0.0107. The van der Waals surface area contributed by atoms with Gasteiger partial charge in [0.15, 0.2) is 11.9 Å². The van der Waals surface area contributed by atoms with Crippen molar-refractivity contribution >= 4 is 124 Å². The van der Waals surface area contributed by atoms with Crippen LogP contribution in [0.2, 0.25) is 0 Å². The molecule has 3 saturated heterocycles. The van der Waals surface area contributed by atoms with Crippen molar-refractivity contribution in [2.45, 2.75) is 239 Å². The molecule has 14 atom stereocenters. The molecule has 146 heavy (non-hydrogen) atoms. The van der Waals surface area contributed by atoms with E-state index in [1.807, 2.05) is 54.6 Å². The SMILES string of the molecule is CC(C)C[C@H](NC(=O)[C@H](Cc1ccccc1)NC(=O)[C@H](Cc1ccccc1)NC(=O)CNC(=O)CNC(=O)[C@H](CO)NC(=O)[C@@H]1CCCN1C(=O)[C@H](C)NC(=O)[C@@H](NC(=O)[C@H]1C[C@@H](SC(c2ccccc2)(c2ccccc2)c2ccccc2)CN1C(=O)OC(C)(C)C)C(C)C)C(=O)N[C@@H](Cc1ccccc1)C(=O)N[C@@H](CCCNC(=N)N)C(=O)N1CCC[C@H]1C(=O)N[C@@H](CCCNC(=N)N)C(=O)N[C@@H](CC(N)=O)C(N)=O. The third-order valence-corrected chi connectivity index (χ3v) is 26.5. The van der Waals surface area contributed by atoms with E-state index in [0.29, 0.717) is 23.1 Å². The molecule has 3 aliphatic heterocycles. The van der Waals surface area contributed by atoms with Crippen molar-refractivity contribution in [2.75, 3.05) is 52.4 Å². The van der Waals surface area contributed by atoms with Crippen molar-refractivity contribution in [2.24, 2.45) is 34.8 Å². The first-order valence-electron chi connectivity index (χ1n) is 49.0. The van der Waals surface area contributed by atoms with E-state index in [-0.39, 0.29) is 133 Å². The van der Waals surface area contributed by atoms with Crippen LogP contribution in [0.5, 0.6) is 0 Å². The zero-order valence-electron chi connectivity index (χ0n) is 83.5. The summed E-state index contributed by atoms with van der Waals surface area (Å²) in [6, 6.07) is 37.4. The van der Waals surface area contributed by atoms with E-state index in [2.05, 4.69) is 111 Å². The highest BCUT2D eigenvalue weighted by Gasteiger charge is 2.50. The zero-order chi connectivity index (χ0) is 106. The summed E-state index contributed by atoms with van der Waals surface area (Å²) in [5.74, 6) is -15.4. The van der Waals surface area contributed by atoms with Crippen LogP contribution >= 0.6 is 11.8 Å². The van der Waals surface area contributed by atoms with Crippen LogP contribution in [0.1, 0.15) is 159 Å².